The van der Waals surface area contributed by atoms with E-state index in [0.717, 1.165) is 51.7 Å². The molecule has 2 amide bonds. The molecule has 2 saturated heterocycles. The highest BCUT2D eigenvalue weighted by Crippen LogP contribution is 2.42. The molecule has 27 heavy (non-hydrogen) atoms. The van der Waals surface area contributed by atoms with Crippen molar-refractivity contribution in [3.63, 3.8) is 0 Å². The minimum Gasteiger partial charge on any atom is -0.396 e. The summed E-state index contributed by atoms with van der Waals surface area (Å²) in [6.07, 6.45) is 6.10. The van der Waals surface area contributed by atoms with E-state index in [2.05, 4.69) is 23.1 Å². The number of carbonyl (C=O) groups is 2. The van der Waals surface area contributed by atoms with Crippen LogP contribution in [0.1, 0.15) is 55.6 Å². The Kier molecular flexibility index (Phi) is 5.22. The highest BCUT2D eigenvalue weighted by atomic mass is 16.3. The van der Waals surface area contributed by atoms with Gasteiger partial charge >= 0.3 is 0 Å². The van der Waals surface area contributed by atoms with Crippen molar-refractivity contribution in [2.24, 2.45) is 5.41 Å². The van der Waals surface area contributed by atoms with Gasteiger partial charge in [0.25, 0.3) is 0 Å². The second kappa shape index (κ2) is 7.63. The van der Waals surface area contributed by atoms with Crippen molar-refractivity contribution in [3.05, 3.63) is 35.4 Å². The zero-order chi connectivity index (χ0) is 18.9. The average molecular weight is 370 g/mol. The van der Waals surface area contributed by atoms with Crippen molar-refractivity contribution in [1.29, 1.82) is 0 Å². The Morgan fingerprint density at radius 1 is 1.15 bits per heavy atom. The molecular weight excluding hydrogens is 340 g/mol. The molecule has 1 N–H and O–H groups in total. The predicted molar refractivity (Wildman–Crippen MR) is 103 cm³/mol. The molecule has 3 aliphatic rings. The van der Waals surface area contributed by atoms with Gasteiger partial charge in [-0.1, -0.05) is 24.3 Å². The van der Waals surface area contributed by atoms with Crippen molar-refractivity contribution in [1.82, 2.24) is 9.80 Å². The highest BCUT2D eigenvalue weighted by molar-refractivity contribution is 5.85. The summed E-state index contributed by atoms with van der Waals surface area (Å²) in [4.78, 5) is 29.3. The van der Waals surface area contributed by atoms with Crippen LogP contribution in [0.15, 0.2) is 24.3 Å². The third-order valence-electron chi connectivity index (χ3n) is 6.90. The van der Waals surface area contributed by atoms with Crippen molar-refractivity contribution in [2.45, 2.75) is 50.9 Å². The smallest absolute Gasteiger partial charge is 0.230 e. The Bertz CT molecular complexity index is 709. The molecule has 2 heterocycles. The fourth-order valence-corrected chi connectivity index (χ4v) is 5.21. The molecule has 1 aromatic rings. The van der Waals surface area contributed by atoms with Gasteiger partial charge in [0, 0.05) is 39.2 Å². The Balaban J connectivity index is 1.37. The number of likely N-dealkylation sites (tertiary alicyclic amines) is 2. The van der Waals surface area contributed by atoms with E-state index in [1.807, 2.05) is 11.0 Å². The molecule has 146 valence electrons. The van der Waals surface area contributed by atoms with E-state index in [4.69, 9.17) is 5.11 Å². The molecule has 2 fully saturated rings. The Hall–Kier alpha value is -1.88. The van der Waals surface area contributed by atoms with Gasteiger partial charge < -0.3 is 14.9 Å². The number of carbonyl (C=O) groups excluding carboxylic acids is 2. The van der Waals surface area contributed by atoms with Crippen molar-refractivity contribution in [2.75, 3.05) is 32.8 Å². The monoisotopic (exact) mass is 370 g/mol. The quantitative estimate of drug-likeness (QED) is 0.885. The SMILES string of the molecule is O=C1CCC2(CCN(C(=O)C3CCc4ccccc43)CC2)CN1CCCO. The first-order chi connectivity index (χ1) is 13.1. The van der Waals surface area contributed by atoms with Gasteiger partial charge in [-0.15, -0.1) is 0 Å². The molecule has 0 aromatic heterocycles. The second-order valence-corrected chi connectivity index (χ2v) is 8.51. The van der Waals surface area contributed by atoms with Gasteiger partial charge in [0.05, 0.1) is 5.92 Å². The molecule has 1 aliphatic carbocycles. The fraction of sp³-hybridized carbons (Fsp3) is 0.636. The summed E-state index contributed by atoms with van der Waals surface area (Å²) in [7, 11) is 0. The highest BCUT2D eigenvalue weighted by Gasteiger charge is 2.42. The van der Waals surface area contributed by atoms with Gasteiger partial charge in [0.1, 0.15) is 0 Å². The summed E-state index contributed by atoms with van der Waals surface area (Å²) in [6.45, 7) is 3.18. The van der Waals surface area contributed by atoms with E-state index >= 15 is 0 Å². The Morgan fingerprint density at radius 2 is 1.93 bits per heavy atom. The summed E-state index contributed by atoms with van der Waals surface area (Å²) >= 11 is 0. The summed E-state index contributed by atoms with van der Waals surface area (Å²) < 4.78 is 0. The number of hydrogen-bond donors (Lipinski definition) is 1. The second-order valence-electron chi connectivity index (χ2n) is 8.51. The number of fused-ring (bicyclic) bond motifs is 1. The molecule has 1 spiro atoms. The molecule has 4 rings (SSSR count). The predicted octanol–water partition coefficient (Wildman–Crippen LogP) is 2.33. The number of hydrogen-bond acceptors (Lipinski definition) is 3. The third-order valence-corrected chi connectivity index (χ3v) is 6.90. The molecule has 0 saturated carbocycles. The van der Waals surface area contributed by atoms with Crippen molar-refractivity contribution in [3.8, 4) is 0 Å². The number of aliphatic hydroxyl groups excluding tert-OH is 1. The van der Waals surface area contributed by atoms with Gasteiger partial charge in [-0.3, -0.25) is 9.59 Å². The lowest BCUT2D eigenvalue weighted by molar-refractivity contribution is -0.143. The zero-order valence-electron chi connectivity index (χ0n) is 16.0. The Morgan fingerprint density at radius 3 is 2.70 bits per heavy atom. The van der Waals surface area contributed by atoms with Crippen LogP contribution in [0.2, 0.25) is 0 Å². The van der Waals surface area contributed by atoms with E-state index in [9.17, 15) is 9.59 Å². The van der Waals surface area contributed by atoms with Crippen LogP contribution in [-0.4, -0.2) is 59.5 Å². The van der Waals surface area contributed by atoms with Crippen molar-refractivity contribution >= 4 is 11.8 Å². The third kappa shape index (κ3) is 3.62. The van der Waals surface area contributed by atoms with Gasteiger partial charge in [0.2, 0.25) is 11.8 Å². The van der Waals surface area contributed by atoms with Gasteiger partial charge in [-0.2, -0.15) is 0 Å². The first-order valence-corrected chi connectivity index (χ1v) is 10.4. The van der Waals surface area contributed by atoms with E-state index in [1.165, 1.54) is 11.1 Å². The summed E-state index contributed by atoms with van der Waals surface area (Å²) in [6, 6.07) is 8.36. The molecular formula is C22H30N2O3. The molecule has 2 aliphatic heterocycles. The Labute approximate surface area is 161 Å². The summed E-state index contributed by atoms with van der Waals surface area (Å²) in [5.74, 6) is 0.540. The first kappa shape index (κ1) is 18.5. The van der Waals surface area contributed by atoms with E-state index < -0.39 is 0 Å². The number of rotatable bonds is 4. The molecule has 0 bridgehead atoms. The van der Waals surface area contributed by atoms with Gasteiger partial charge in [-0.05, 0) is 55.1 Å². The molecule has 5 heteroatoms. The standard InChI is InChI=1S/C22H30N2O3/c25-15-3-12-24-16-22(9-8-20(24)26)10-13-23(14-11-22)21(27)19-7-6-17-4-1-2-5-18(17)19/h1-2,4-5,19,25H,3,6-16H2. The first-order valence-electron chi connectivity index (χ1n) is 10.4. The zero-order valence-corrected chi connectivity index (χ0v) is 16.0. The summed E-state index contributed by atoms with van der Waals surface area (Å²) in [5, 5.41) is 9.07. The number of aliphatic hydroxyl groups is 1. The number of piperidine rings is 2. The number of amides is 2. The minimum absolute atomic E-state index is 0.0317. The van der Waals surface area contributed by atoms with Crippen LogP contribution in [0.3, 0.4) is 0 Å². The lowest BCUT2D eigenvalue weighted by Crippen LogP contribution is -2.53. The van der Waals surface area contributed by atoms with E-state index in [1.54, 1.807) is 0 Å². The maximum atomic E-state index is 13.1. The number of benzene rings is 1. The van der Waals surface area contributed by atoms with Crippen LogP contribution in [0.25, 0.3) is 0 Å². The van der Waals surface area contributed by atoms with Crippen LogP contribution in [0, 0.1) is 5.41 Å². The van der Waals surface area contributed by atoms with Crippen molar-refractivity contribution < 1.29 is 14.7 Å². The van der Waals surface area contributed by atoms with Crippen LogP contribution < -0.4 is 0 Å². The number of aryl methyl sites for hydroxylation is 1. The molecule has 1 aromatic carbocycles. The minimum atomic E-state index is 0.0317. The van der Waals surface area contributed by atoms with E-state index in [-0.39, 0.29) is 23.8 Å². The van der Waals surface area contributed by atoms with E-state index in [0.29, 0.717) is 25.3 Å². The topological polar surface area (TPSA) is 60.9 Å². The lowest BCUT2D eigenvalue weighted by atomic mass is 9.72. The average Bonchev–Trinajstić information content (AvgIpc) is 3.13. The fourth-order valence-electron chi connectivity index (χ4n) is 5.21. The lowest BCUT2D eigenvalue weighted by Gasteiger charge is -2.47. The maximum Gasteiger partial charge on any atom is 0.230 e. The maximum absolute atomic E-state index is 13.1. The molecule has 0 radical (unpaired) electrons. The molecule has 1 atom stereocenters. The normalized spacial score (nSPS) is 24.3. The number of nitrogens with zero attached hydrogens (tertiary/aromatic N) is 2. The van der Waals surface area contributed by atoms with Crippen LogP contribution in [0.5, 0.6) is 0 Å². The summed E-state index contributed by atoms with van der Waals surface area (Å²) in [5.41, 5.74) is 2.71. The van der Waals surface area contributed by atoms with Gasteiger partial charge in [-0.25, -0.2) is 0 Å². The van der Waals surface area contributed by atoms with Crippen LogP contribution in [0.4, 0.5) is 0 Å². The molecule has 1 unspecified atom stereocenters. The largest absolute Gasteiger partial charge is 0.396 e. The van der Waals surface area contributed by atoms with Gasteiger partial charge in [0.15, 0.2) is 0 Å². The van der Waals surface area contributed by atoms with Crippen LogP contribution in [-0.2, 0) is 16.0 Å². The van der Waals surface area contributed by atoms with Crippen LogP contribution >= 0.6 is 0 Å². The molecule has 5 nitrogen and oxygen atoms in total.